The first-order chi connectivity index (χ1) is 22.6. The predicted molar refractivity (Wildman–Crippen MR) is 184 cm³/mol. The van der Waals surface area contributed by atoms with Crippen LogP contribution in [0, 0.1) is 10.1 Å². The van der Waals surface area contributed by atoms with Crippen molar-refractivity contribution in [1.29, 1.82) is 0 Å². The van der Waals surface area contributed by atoms with Crippen LogP contribution in [0.4, 0.5) is 21.0 Å². The van der Waals surface area contributed by atoms with Crippen molar-refractivity contribution < 1.29 is 24.0 Å². The van der Waals surface area contributed by atoms with Gasteiger partial charge in [0.15, 0.2) is 5.82 Å². The van der Waals surface area contributed by atoms with E-state index in [0.29, 0.717) is 29.2 Å². The normalized spacial score (nSPS) is 11.3. The number of aliphatic imine (C=N–C) groups is 1. The number of benzene rings is 3. The Balaban J connectivity index is 1.64. The van der Waals surface area contributed by atoms with E-state index in [0.717, 1.165) is 24.1 Å². The van der Waals surface area contributed by atoms with Crippen LogP contribution in [0.15, 0.2) is 89.9 Å². The molecule has 0 unspecified atom stereocenters. The highest BCUT2D eigenvalue weighted by Crippen LogP contribution is 2.27. The lowest BCUT2D eigenvalue weighted by molar-refractivity contribution is -0.384. The van der Waals surface area contributed by atoms with Gasteiger partial charge in [0.05, 0.1) is 16.3 Å². The van der Waals surface area contributed by atoms with Gasteiger partial charge in [0.25, 0.3) is 5.69 Å². The average molecular weight is 653 g/mol. The minimum atomic E-state index is -0.802. The summed E-state index contributed by atoms with van der Waals surface area (Å²) in [7, 11) is 0. The monoisotopic (exact) mass is 652 g/mol. The highest BCUT2D eigenvalue weighted by molar-refractivity contribution is 6.02. The number of carbonyl (C=O) groups excluding carboxylic acids is 2. The average Bonchev–Trinajstić information content (AvgIpc) is 3.00. The molecule has 2 amide bonds. The molecule has 0 aliphatic carbocycles. The number of ether oxygens (including phenoxy) is 2. The molecule has 0 aliphatic heterocycles. The molecular formula is C36H40N6O6. The van der Waals surface area contributed by atoms with Crippen LogP contribution in [-0.4, -0.2) is 44.2 Å². The molecule has 0 bridgehead atoms. The number of nitro benzene ring substituents is 1. The van der Waals surface area contributed by atoms with E-state index >= 15 is 0 Å². The number of nitrogens with zero attached hydrogens (tertiary/aromatic N) is 4. The summed E-state index contributed by atoms with van der Waals surface area (Å²) in [5.74, 6) is 0.195. The lowest BCUT2D eigenvalue weighted by Gasteiger charge is -2.22. The minimum Gasteiger partial charge on any atom is -0.444 e. The van der Waals surface area contributed by atoms with E-state index in [-0.39, 0.29) is 11.6 Å². The number of aryl methyl sites for hydroxylation is 2. The molecule has 4 rings (SSSR count). The van der Waals surface area contributed by atoms with Gasteiger partial charge < -0.3 is 9.47 Å². The SMILES string of the molecule is CC(C)(C)OC(=O)NC(=Nc1ccc(-c2cc(CCCc3ccccc3)nc(-c3cccc([N+](=O)[O-])c3)n2)cc1)NC(=O)OC(C)(C)C. The molecule has 2 N–H and O–H groups in total. The standard InChI is InChI=1S/C36H40N6O6/c1-35(2,3)47-33(43)40-32(41-34(44)48-36(4,5)6)38-27-20-18-25(19-21-27)30-23-28(16-10-14-24-12-8-7-9-13-24)37-31(39-30)26-15-11-17-29(22-26)42(45)46/h7-9,11-13,15,17-23H,10,14,16H2,1-6H3,(H2,38,40,41,43,44). The van der Waals surface area contributed by atoms with E-state index in [1.165, 1.54) is 17.7 Å². The number of aromatic nitrogens is 2. The summed E-state index contributed by atoms with van der Waals surface area (Å²) in [6.45, 7) is 10.3. The van der Waals surface area contributed by atoms with Crippen LogP contribution in [0.25, 0.3) is 22.6 Å². The number of hydrogen-bond donors (Lipinski definition) is 2. The van der Waals surface area contributed by atoms with Gasteiger partial charge in [0, 0.05) is 29.0 Å². The lowest BCUT2D eigenvalue weighted by atomic mass is 10.0. The number of rotatable bonds is 8. The maximum atomic E-state index is 12.5. The van der Waals surface area contributed by atoms with E-state index in [2.05, 4.69) is 27.8 Å². The summed E-state index contributed by atoms with van der Waals surface area (Å²) >= 11 is 0. The molecule has 0 radical (unpaired) electrons. The highest BCUT2D eigenvalue weighted by Gasteiger charge is 2.21. The van der Waals surface area contributed by atoms with E-state index < -0.39 is 28.3 Å². The molecular weight excluding hydrogens is 612 g/mol. The summed E-state index contributed by atoms with van der Waals surface area (Å²) in [6, 6.07) is 25.3. The van der Waals surface area contributed by atoms with Crippen LogP contribution in [-0.2, 0) is 22.3 Å². The fourth-order valence-corrected chi connectivity index (χ4v) is 4.50. The second-order valence-corrected chi connectivity index (χ2v) is 13.0. The molecule has 12 heteroatoms. The van der Waals surface area contributed by atoms with Gasteiger partial charge in [-0.2, -0.15) is 0 Å². The van der Waals surface area contributed by atoms with Gasteiger partial charge >= 0.3 is 12.2 Å². The van der Waals surface area contributed by atoms with E-state index in [1.807, 2.05) is 24.3 Å². The summed E-state index contributed by atoms with van der Waals surface area (Å²) in [5, 5.41) is 16.4. The number of amides is 2. The second-order valence-electron chi connectivity index (χ2n) is 13.0. The Morgan fingerprint density at radius 3 is 1.98 bits per heavy atom. The fraction of sp³-hybridized carbons (Fsp3) is 0.306. The molecule has 1 aromatic heterocycles. The summed E-state index contributed by atoms with van der Waals surface area (Å²) in [4.78, 5) is 49.9. The highest BCUT2D eigenvalue weighted by atomic mass is 16.6. The first-order valence-corrected chi connectivity index (χ1v) is 15.5. The van der Waals surface area contributed by atoms with E-state index in [1.54, 1.807) is 77.9 Å². The smallest absolute Gasteiger partial charge is 0.414 e. The first-order valence-electron chi connectivity index (χ1n) is 15.5. The largest absolute Gasteiger partial charge is 0.444 e. The van der Waals surface area contributed by atoms with Crippen LogP contribution in [0.1, 0.15) is 59.2 Å². The summed E-state index contributed by atoms with van der Waals surface area (Å²) in [6.07, 6.45) is 0.785. The molecule has 0 atom stereocenters. The van der Waals surface area contributed by atoms with Gasteiger partial charge in [-0.3, -0.25) is 20.7 Å². The van der Waals surface area contributed by atoms with Gasteiger partial charge in [-0.15, -0.1) is 0 Å². The zero-order valence-corrected chi connectivity index (χ0v) is 27.9. The number of guanidine groups is 1. The Morgan fingerprint density at radius 2 is 1.40 bits per heavy atom. The molecule has 12 nitrogen and oxygen atoms in total. The third-order valence-electron chi connectivity index (χ3n) is 6.48. The Labute approximate surface area is 279 Å². The van der Waals surface area contributed by atoms with E-state index in [4.69, 9.17) is 19.4 Å². The molecule has 0 fully saturated rings. The fourth-order valence-electron chi connectivity index (χ4n) is 4.50. The molecule has 0 spiro atoms. The maximum Gasteiger partial charge on any atom is 0.414 e. The van der Waals surface area contributed by atoms with Crippen molar-refractivity contribution in [2.24, 2.45) is 4.99 Å². The second kappa shape index (κ2) is 15.3. The van der Waals surface area contributed by atoms with Gasteiger partial charge in [-0.25, -0.2) is 24.5 Å². The maximum absolute atomic E-state index is 12.5. The summed E-state index contributed by atoms with van der Waals surface area (Å²) < 4.78 is 10.6. The molecule has 0 saturated heterocycles. The van der Waals surface area contributed by atoms with Crippen molar-refractivity contribution in [3.05, 3.63) is 106 Å². The van der Waals surface area contributed by atoms with Gasteiger partial charge in [-0.05, 0) is 84.6 Å². The van der Waals surface area contributed by atoms with Crippen molar-refractivity contribution in [1.82, 2.24) is 20.6 Å². The number of non-ortho nitro benzene ring substituents is 1. The van der Waals surface area contributed by atoms with Crippen molar-refractivity contribution in [2.45, 2.75) is 72.0 Å². The molecule has 0 aliphatic rings. The van der Waals surface area contributed by atoms with Gasteiger partial charge in [0.1, 0.15) is 11.2 Å². The third kappa shape index (κ3) is 11.3. The van der Waals surface area contributed by atoms with E-state index in [9.17, 15) is 19.7 Å². The topological polar surface area (TPSA) is 158 Å². The zero-order chi connectivity index (χ0) is 34.9. The Hall–Kier alpha value is -5.65. The molecule has 3 aromatic carbocycles. The number of carbonyl (C=O) groups is 2. The van der Waals surface area contributed by atoms with Crippen LogP contribution >= 0.6 is 0 Å². The zero-order valence-electron chi connectivity index (χ0n) is 27.9. The van der Waals surface area contributed by atoms with Crippen molar-refractivity contribution in [3.8, 4) is 22.6 Å². The third-order valence-corrected chi connectivity index (χ3v) is 6.48. The number of hydrogen-bond acceptors (Lipinski definition) is 9. The van der Waals surface area contributed by atoms with Crippen molar-refractivity contribution in [2.75, 3.05) is 0 Å². The number of nitro groups is 1. The quantitative estimate of drug-likeness (QED) is 0.0840. The summed E-state index contributed by atoms with van der Waals surface area (Å²) in [5.41, 5.74) is 2.73. The molecule has 4 aromatic rings. The van der Waals surface area contributed by atoms with Gasteiger partial charge in [0.2, 0.25) is 5.96 Å². The Kier molecular flexibility index (Phi) is 11.2. The lowest BCUT2D eigenvalue weighted by Crippen LogP contribution is -2.47. The molecule has 48 heavy (non-hydrogen) atoms. The van der Waals surface area contributed by atoms with Crippen molar-refractivity contribution >= 4 is 29.5 Å². The van der Waals surface area contributed by atoms with Crippen LogP contribution < -0.4 is 10.6 Å². The van der Waals surface area contributed by atoms with Crippen LogP contribution in [0.2, 0.25) is 0 Å². The number of nitrogens with one attached hydrogen (secondary N) is 2. The Bertz CT molecular complexity index is 1750. The number of alkyl carbamates (subject to hydrolysis) is 2. The first kappa shape index (κ1) is 35.2. The molecule has 0 saturated carbocycles. The van der Waals surface area contributed by atoms with Crippen LogP contribution in [0.5, 0.6) is 0 Å². The Morgan fingerprint density at radius 1 is 0.771 bits per heavy atom. The predicted octanol–water partition coefficient (Wildman–Crippen LogP) is 7.93. The molecule has 1 heterocycles. The van der Waals surface area contributed by atoms with Crippen LogP contribution in [0.3, 0.4) is 0 Å². The van der Waals surface area contributed by atoms with Crippen molar-refractivity contribution in [3.63, 3.8) is 0 Å². The minimum absolute atomic E-state index is 0.0508. The molecule has 250 valence electrons. The van der Waals surface area contributed by atoms with Gasteiger partial charge in [-0.1, -0.05) is 54.6 Å².